The summed E-state index contributed by atoms with van der Waals surface area (Å²) in [6.45, 7) is 4.31. The number of hydrogen-bond donors (Lipinski definition) is 1. The van der Waals surface area contributed by atoms with Gasteiger partial charge in [-0.3, -0.25) is 24.1 Å². The van der Waals surface area contributed by atoms with Crippen LogP contribution in [0.2, 0.25) is 0 Å². The van der Waals surface area contributed by atoms with Crippen molar-refractivity contribution >= 4 is 34.4 Å². The van der Waals surface area contributed by atoms with E-state index >= 15 is 0 Å². The van der Waals surface area contributed by atoms with Crippen LogP contribution in [0.1, 0.15) is 60.2 Å². The summed E-state index contributed by atoms with van der Waals surface area (Å²) in [4.78, 5) is 51.5. The van der Waals surface area contributed by atoms with Crippen LogP contribution in [0, 0.1) is 0 Å². The molecule has 1 amide bonds. The highest BCUT2D eigenvalue weighted by Gasteiger charge is 2.42. The molecule has 0 aromatic heterocycles. The van der Waals surface area contributed by atoms with Crippen molar-refractivity contribution in [2.24, 2.45) is 0 Å². The van der Waals surface area contributed by atoms with Gasteiger partial charge >= 0.3 is 0 Å². The molecule has 3 aliphatic heterocycles. The molecule has 2 fully saturated rings. The van der Waals surface area contributed by atoms with Crippen molar-refractivity contribution in [2.75, 3.05) is 12.3 Å². The number of amides is 1. The summed E-state index contributed by atoms with van der Waals surface area (Å²) in [7, 11) is 0. The number of ether oxygens (including phenoxy) is 1. The topological polar surface area (TPSA) is 92.8 Å². The van der Waals surface area contributed by atoms with E-state index in [2.05, 4.69) is 5.32 Å². The SMILES string of the molecule is CC1(C)CC(=O)c2cc(C(=O)NC3CCCCN3C3C(=O)CSC3=O)ccc2O1. The van der Waals surface area contributed by atoms with Crippen LogP contribution in [0.3, 0.4) is 0 Å². The second kappa shape index (κ2) is 7.57. The van der Waals surface area contributed by atoms with E-state index in [-0.39, 0.29) is 40.9 Å². The minimum atomic E-state index is -0.772. The first-order chi connectivity index (χ1) is 13.7. The summed E-state index contributed by atoms with van der Waals surface area (Å²) >= 11 is 1.05. The molecule has 1 aromatic rings. The number of nitrogens with zero attached hydrogens (tertiary/aromatic N) is 1. The quantitative estimate of drug-likeness (QED) is 0.755. The second-order valence-corrected chi connectivity index (χ2v) is 9.35. The van der Waals surface area contributed by atoms with Gasteiger partial charge in [-0.1, -0.05) is 11.8 Å². The van der Waals surface area contributed by atoms with Gasteiger partial charge in [0.15, 0.2) is 11.6 Å². The number of carbonyl (C=O) groups excluding carboxylic acids is 4. The Morgan fingerprint density at radius 1 is 1.24 bits per heavy atom. The average Bonchev–Trinajstić information content (AvgIpc) is 2.99. The number of thioether (sulfide) groups is 1. The van der Waals surface area contributed by atoms with E-state index in [0.717, 1.165) is 24.6 Å². The molecule has 2 saturated heterocycles. The van der Waals surface area contributed by atoms with E-state index < -0.39 is 11.6 Å². The summed E-state index contributed by atoms with van der Waals surface area (Å²) in [5.41, 5.74) is 0.217. The lowest BCUT2D eigenvalue weighted by Gasteiger charge is -2.38. The highest BCUT2D eigenvalue weighted by atomic mass is 32.2. The van der Waals surface area contributed by atoms with Crippen LogP contribution in [0.4, 0.5) is 0 Å². The van der Waals surface area contributed by atoms with Gasteiger partial charge in [-0.05, 0) is 51.3 Å². The molecule has 0 bridgehead atoms. The van der Waals surface area contributed by atoms with E-state index in [1.165, 1.54) is 0 Å². The number of rotatable bonds is 3. The van der Waals surface area contributed by atoms with E-state index in [9.17, 15) is 19.2 Å². The fourth-order valence-electron chi connectivity index (χ4n) is 4.20. The Morgan fingerprint density at radius 3 is 2.76 bits per heavy atom. The number of fused-ring (bicyclic) bond motifs is 1. The smallest absolute Gasteiger partial charge is 0.252 e. The van der Waals surface area contributed by atoms with Crippen LogP contribution < -0.4 is 10.1 Å². The third-order valence-corrected chi connectivity index (χ3v) is 6.51. The number of piperidine rings is 1. The number of hydrogen-bond acceptors (Lipinski definition) is 7. The molecule has 7 nitrogen and oxygen atoms in total. The molecule has 4 rings (SSSR count). The molecular formula is C21H24N2O5S. The molecule has 1 aromatic carbocycles. The number of carbonyl (C=O) groups is 4. The van der Waals surface area contributed by atoms with E-state index in [1.807, 2.05) is 18.7 Å². The van der Waals surface area contributed by atoms with Crippen LogP contribution in [0.25, 0.3) is 0 Å². The monoisotopic (exact) mass is 416 g/mol. The van der Waals surface area contributed by atoms with Gasteiger partial charge in [-0.2, -0.15) is 0 Å². The van der Waals surface area contributed by atoms with Gasteiger partial charge in [-0.15, -0.1) is 0 Å². The highest BCUT2D eigenvalue weighted by molar-refractivity contribution is 8.15. The minimum Gasteiger partial charge on any atom is -0.487 e. The molecule has 154 valence electrons. The maximum Gasteiger partial charge on any atom is 0.252 e. The zero-order chi connectivity index (χ0) is 20.8. The van der Waals surface area contributed by atoms with Gasteiger partial charge in [0, 0.05) is 12.1 Å². The predicted molar refractivity (Wildman–Crippen MR) is 108 cm³/mol. The summed E-state index contributed by atoms with van der Waals surface area (Å²) in [5, 5.41) is 2.82. The van der Waals surface area contributed by atoms with Crippen molar-refractivity contribution in [3.8, 4) is 5.75 Å². The van der Waals surface area contributed by atoms with Crippen LogP contribution >= 0.6 is 11.8 Å². The largest absolute Gasteiger partial charge is 0.487 e. The van der Waals surface area contributed by atoms with Gasteiger partial charge in [0.2, 0.25) is 5.12 Å². The van der Waals surface area contributed by atoms with Crippen LogP contribution in [0.5, 0.6) is 5.75 Å². The third kappa shape index (κ3) is 3.96. The molecule has 0 radical (unpaired) electrons. The first-order valence-electron chi connectivity index (χ1n) is 9.87. The number of benzene rings is 1. The summed E-state index contributed by atoms with van der Waals surface area (Å²) in [6, 6.07) is 4.09. The van der Waals surface area contributed by atoms with Crippen molar-refractivity contribution < 1.29 is 23.9 Å². The molecule has 2 atom stereocenters. The highest BCUT2D eigenvalue weighted by Crippen LogP contribution is 2.33. The fraction of sp³-hybridized carbons (Fsp3) is 0.524. The van der Waals surface area contributed by atoms with Crippen molar-refractivity contribution in [1.82, 2.24) is 10.2 Å². The van der Waals surface area contributed by atoms with E-state index in [1.54, 1.807) is 18.2 Å². The van der Waals surface area contributed by atoms with Crippen molar-refractivity contribution in [1.29, 1.82) is 0 Å². The first-order valence-corrected chi connectivity index (χ1v) is 10.9. The molecule has 8 heteroatoms. The first kappa shape index (κ1) is 20.1. The Morgan fingerprint density at radius 2 is 2.03 bits per heavy atom. The molecule has 0 aliphatic carbocycles. The number of ketones is 2. The number of Topliss-reactive ketones (excluding diaryl/α,β-unsaturated/α-hetero) is 2. The number of likely N-dealkylation sites (tertiary alicyclic amines) is 1. The molecule has 2 unspecified atom stereocenters. The van der Waals surface area contributed by atoms with Gasteiger partial charge < -0.3 is 10.1 Å². The molecule has 29 heavy (non-hydrogen) atoms. The molecule has 1 N–H and O–H groups in total. The molecule has 0 spiro atoms. The molecule has 0 saturated carbocycles. The average molecular weight is 416 g/mol. The second-order valence-electron chi connectivity index (χ2n) is 8.37. The fourth-order valence-corrected chi connectivity index (χ4v) is 5.07. The van der Waals surface area contributed by atoms with Crippen LogP contribution in [-0.4, -0.2) is 57.6 Å². The van der Waals surface area contributed by atoms with Crippen LogP contribution in [0.15, 0.2) is 18.2 Å². The van der Waals surface area contributed by atoms with Gasteiger partial charge in [0.05, 0.1) is 23.9 Å². The maximum absolute atomic E-state index is 12.9. The molecule has 3 aliphatic rings. The number of nitrogens with one attached hydrogen (secondary N) is 1. The third-order valence-electron chi connectivity index (χ3n) is 5.57. The zero-order valence-electron chi connectivity index (χ0n) is 16.5. The molecular weight excluding hydrogens is 392 g/mol. The maximum atomic E-state index is 12.9. The van der Waals surface area contributed by atoms with Crippen LogP contribution in [-0.2, 0) is 9.59 Å². The zero-order valence-corrected chi connectivity index (χ0v) is 17.3. The Bertz CT molecular complexity index is 881. The van der Waals surface area contributed by atoms with E-state index in [0.29, 0.717) is 29.8 Å². The summed E-state index contributed by atoms with van der Waals surface area (Å²) < 4.78 is 5.84. The van der Waals surface area contributed by atoms with E-state index in [4.69, 9.17) is 4.74 Å². The van der Waals surface area contributed by atoms with Gasteiger partial charge in [0.1, 0.15) is 17.4 Å². The Hall–Kier alpha value is -2.19. The lowest BCUT2D eigenvalue weighted by Crippen LogP contribution is -2.57. The Balaban J connectivity index is 1.53. The van der Waals surface area contributed by atoms with Gasteiger partial charge in [0.25, 0.3) is 5.91 Å². The Labute approximate surface area is 173 Å². The van der Waals surface area contributed by atoms with Crippen molar-refractivity contribution in [2.45, 2.75) is 57.3 Å². The summed E-state index contributed by atoms with van der Waals surface area (Å²) in [6.07, 6.45) is 2.35. The normalized spacial score (nSPS) is 26.8. The predicted octanol–water partition coefficient (Wildman–Crippen LogP) is 2.18. The summed E-state index contributed by atoms with van der Waals surface area (Å²) in [5.74, 6) is 0.211. The van der Waals surface area contributed by atoms with Crippen molar-refractivity contribution in [3.63, 3.8) is 0 Å². The lowest BCUT2D eigenvalue weighted by atomic mass is 9.92. The van der Waals surface area contributed by atoms with Crippen molar-refractivity contribution in [3.05, 3.63) is 29.3 Å². The van der Waals surface area contributed by atoms with Gasteiger partial charge in [-0.25, -0.2) is 0 Å². The molecule has 3 heterocycles. The standard InChI is InChI=1S/C21H24N2O5S/c1-21(2)10-14(24)13-9-12(6-7-16(13)28-21)19(26)22-17-5-3-4-8-23(17)18-15(25)11-29-20(18)27/h6-7,9,17-18H,3-5,8,10-11H2,1-2H3,(H,22,26). The lowest BCUT2D eigenvalue weighted by molar-refractivity contribution is -0.129. The Kier molecular flexibility index (Phi) is 5.25. The minimum absolute atomic E-state index is 0.0515.